The number of aromatic amines is 1. The van der Waals surface area contributed by atoms with E-state index in [1.54, 1.807) is 0 Å². The number of fused-ring (bicyclic) bond motifs is 1. The smallest absolute Gasteiger partial charge is 0.223 e. The van der Waals surface area contributed by atoms with Crippen molar-refractivity contribution in [2.45, 2.75) is 45.2 Å². The Balaban J connectivity index is 1.27. The fraction of sp³-hybridized carbons (Fsp3) is 0.526. The van der Waals surface area contributed by atoms with E-state index in [1.807, 2.05) is 0 Å². The van der Waals surface area contributed by atoms with Crippen LogP contribution in [0.5, 0.6) is 0 Å². The van der Waals surface area contributed by atoms with E-state index < -0.39 is 0 Å². The van der Waals surface area contributed by atoms with Crippen molar-refractivity contribution in [3.05, 3.63) is 46.8 Å². The molecule has 25 heavy (non-hydrogen) atoms. The van der Waals surface area contributed by atoms with Gasteiger partial charge < -0.3 is 5.32 Å². The second-order valence-corrected chi connectivity index (χ2v) is 7.17. The number of aromatic nitrogens is 3. The number of amides is 1. The molecule has 1 amide bonds. The van der Waals surface area contributed by atoms with Gasteiger partial charge in [0.15, 0.2) is 0 Å². The molecule has 2 aliphatic rings. The lowest BCUT2D eigenvalue weighted by molar-refractivity contribution is -0.125. The molecule has 1 saturated heterocycles. The maximum atomic E-state index is 12.4. The number of carbonyl (C=O) groups is 1. The minimum atomic E-state index is 0.00652. The molecule has 0 spiro atoms. The summed E-state index contributed by atoms with van der Waals surface area (Å²) in [6, 6.07) is 8.62. The summed E-state index contributed by atoms with van der Waals surface area (Å²) < 4.78 is 0. The zero-order chi connectivity index (χ0) is 17.1. The fourth-order valence-electron chi connectivity index (χ4n) is 3.80. The van der Waals surface area contributed by atoms with Crippen LogP contribution in [0.2, 0.25) is 0 Å². The summed E-state index contributed by atoms with van der Waals surface area (Å²) in [5, 5.41) is 14.0. The van der Waals surface area contributed by atoms with Gasteiger partial charge in [0.05, 0.1) is 11.4 Å². The van der Waals surface area contributed by atoms with Crippen LogP contribution in [-0.4, -0.2) is 39.3 Å². The first-order valence-electron chi connectivity index (χ1n) is 9.24. The maximum absolute atomic E-state index is 12.4. The Morgan fingerprint density at radius 2 is 1.84 bits per heavy atom. The number of H-pyrrole nitrogens is 1. The van der Waals surface area contributed by atoms with Crippen LogP contribution < -0.4 is 5.32 Å². The summed E-state index contributed by atoms with van der Waals surface area (Å²) in [7, 11) is 0. The van der Waals surface area contributed by atoms with E-state index in [2.05, 4.69) is 49.9 Å². The van der Waals surface area contributed by atoms with Gasteiger partial charge in [0.1, 0.15) is 0 Å². The lowest BCUT2D eigenvalue weighted by Crippen LogP contribution is -2.33. The monoisotopic (exact) mass is 339 g/mol. The molecule has 2 aromatic rings. The molecule has 0 saturated carbocycles. The molecule has 2 heterocycles. The first-order chi connectivity index (χ1) is 12.3. The van der Waals surface area contributed by atoms with Crippen molar-refractivity contribution in [3.8, 4) is 0 Å². The van der Waals surface area contributed by atoms with Gasteiger partial charge in [-0.25, -0.2) is 0 Å². The molecule has 6 heteroatoms. The van der Waals surface area contributed by atoms with E-state index in [9.17, 15) is 4.79 Å². The first kappa shape index (κ1) is 16.3. The highest BCUT2D eigenvalue weighted by Crippen LogP contribution is 2.22. The molecule has 0 unspecified atom stereocenters. The van der Waals surface area contributed by atoms with Crippen LogP contribution in [0.4, 0.5) is 0 Å². The maximum Gasteiger partial charge on any atom is 0.223 e. The van der Waals surface area contributed by atoms with Crippen LogP contribution in [0.3, 0.4) is 0 Å². The minimum absolute atomic E-state index is 0.00652. The fourth-order valence-corrected chi connectivity index (χ4v) is 3.80. The van der Waals surface area contributed by atoms with Crippen LogP contribution >= 0.6 is 0 Å². The number of hydrogen-bond donors (Lipinski definition) is 2. The average molecular weight is 339 g/mol. The quantitative estimate of drug-likeness (QED) is 0.871. The summed E-state index contributed by atoms with van der Waals surface area (Å²) >= 11 is 0. The Morgan fingerprint density at radius 1 is 1.12 bits per heavy atom. The SMILES string of the molecule is O=C(NCc1ccc(CN2CCCC2)cc1)[C@@H]1CCc2n[nH]nc2C1. The Bertz CT molecular complexity index is 718. The van der Waals surface area contributed by atoms with Crippen molar-refractivity contribution in [2.75, 3.05) is 13.1 Å². The molecule has 1 aliphatic carbocycles. The minimum Gasteiger partial charge on any atom is -0.352 e. The van der Waals surface area contributed by atoms with Crippen molar-refractivity contribution in [2.24, 2.45) is 5.92 Å². The van der Waals surface area contributed by atoms with Crippen molar-refractivity contribution in [3.63, 3.8) is 0 Å². The van der Waals surface area contributed by atoms with E-state index in [0.29, 0.717) is 13.0 Å². The molecular weight excluding hydrogens is 314 g/mol. The summed E-state index contributed by atoms with van der Waals surface area (Å²) in [5.41, 5.74) is 4.45. The summed E-state index contributed by atoms with van der Waals surface area (Å²) in [4.78, 5) is 14.9. The highest BCUT2D eigenvalue weighted by molar-refractivity contribution is 5.79. The van der Waals surface area contributed by atoms with Gasteiger partial charge in [-0.2, -0.15) is 15.4 Å². The van der Waals surface area contributed by atoms with Gasteiger partial charge in [-0.05, 0) is 49.9 Å². The Hall–Kier alpha value is -2.21. The van der Waals surface area contributed by atoms with E-state index >= 15 is 0 Å². The number of carbonyl (C=O) groups excluding carboxylic acids is 1. The second kappa shape index (κ2) is 7.35. The van der Waals surface area contributed by atoms with Gasteiger partial charge in [-0.15, -0.1) is 0 Å². The molecule has 0 bridgehead atoms. The number of benzene rings is 1. The molecular formula is C19H25N5O. The Labute approximate surface area is 148 Å². The summed E-state index contributed by atoms with van der Waals surface area (Å²) in [5.74, 6) is 0.127. The Morgan fingerprint density at radius 3 is 2.64 bits per heavy atom. The number of likely N-dealkylation sites (tertiary alicyclic amines) is 1. The summed E-state index contributed by atoms with van der Waals surface area (Å²) in [6.07, 6.45) is 5.00. The van der Waals surface area contributed by atoms with Gasteiger partial charge in [0, 0.05) is 25.4 Å². The van der Waals surface area contributed by atoms with Crippen LogP contribution in [0.1, 0.15) is 41.8 Å². The first-order valence-corrected chi connectivity index (χ1v) is 9.24. The standard InChI is InChI=1S/C19H25N5O/c25-19(16-7-8-17-18(11-16)22-23-21-17)20-12-14-3-5-15(6-4-14)13-24-9-1-2-10-24/h3-6,16H,1-2,7-13H2,(H,20,25)(H,21,22,23)/t16-/m1/s1. The van der Waals surface area contributed by atoms with E-state index in [-0.39, 0.29) is 11.8 Å². The second-order valence-electron chi connectivity index (χ2n) is 7.17. The molecule has 1 aliphatic heterocycles. The number of hydrogen-bond acceptors (Lipinski definition) is 4. The Kier molecular flexibility index (Phi) is 4.78. The van der Waals surface area contributed by atoms with Crippen LogP contribution in [0, 0.1) is 5.92 Å². The largest absolute Gasteiger partial charge is 0.352 e. The molecule has 1 fully saturated rings. The lowest BCUT2D eigenvalue weighted by Gasteiger charge is -2.19. The van der Waals surface area contributed by atoms with Gasteiger partial charge in [-0.1, -0.05) is 24.3 Å². The van der Waals surface area contributed by atoms with Crippen LogP contribution in [0.15, 0.2) is 24.3 Å². The average Bonchev–Trinajstić information content (AvgIpc) is 3.31. The van der Waals surface area contributed by atoms with Crippen molar-refractivity contribution < 1.29 is 4.79 Å². The van der Waals surface area contributed by atoms with Crippen molar-refractivity contribution in [1.82, 2.24) is 25.6 Å². The zero-order valence-electron chi connectivity index (χ0n) is 14.5. The van der Waals surface area contributed by atoms with Gasteiger partial charge in [0.25, 0.3) is 0 Å². The van der Waals surface area contributed by atoms with Crippen LogP contribution in [-0.2, 0) is 30.7 Å². The molecule has 1 atom stereocenters. The number of nitrogens with one attached hydrogen (secondary N) is 2. The van der Waals surface area contributed by atoms with Crippen LogP contribution in [0.25, 0.3) is 0 Å². The van der Waals surface area contributed by atoms with E-state index in [1.165, 1.54) is 31.5 Å². The molecule has 1 aromatic heterocycles. The predicted octanol–water partition coefficient (Wildman–Crippen LogP) is 1.82. The molecule has 1 aromatic carbocycles. The van der Waals surface area contributed by atoms with Gasteiger partial charge >= 0.3 is 0 Å². The number of nitrogens with zero attached hydrogens (tertiary/aromatic N) is 3. The highest BCUT2D eigenvalue weighted by atomic mass is 16.1. The highest BCUT2D eigenvalue weighted by Gasteiger charge is 2.26. The topological polar surface area (TPSA) is 73.9 Å². The van der Waals surface area contributed by atoms with Gasteiger partial charge in [0.2, 0.25) is 5.91 Å². The van der Waals surface area contributed by atoms with Crippen molar-refractivity contribution in [1.29, 1.82) is 0 Å². The third-order valence-corrected chi connectivity index (χ3v) is 5.34. The molecule has 132 valence electrons. The van der Waals surface area contributed by atoms with E-state index in [4.69, 9.17) is 0 Å². The third kappa shape index (κ3) is 3.90. The molecule has 0 radical (unpaired) electrons. The lowest BCUT2D eigenvalue weighted by atomic mass is 9.89. The third-order valence-electron chi connectivity index (χ3n) is 5.34. The van der Waals surface area contributed by atoms with E-state index in [0.717, 1.165) is 36.3 Å². The van der Waals surface area contributed by atoms with Gasteiger partial charge in [-0.3, -0.25) is 9.69 Å². The summed E-state index contributed by atoms with van der Waals surface area (Å²) in [6.45, 7) is 4.05. The predicted molar refractivity (Wildman–Crippen MR) is 94.7 cm³/mol. The number of rotatable bonds is 5. The van der Waals surface area contributed by atoms with Crippen molar-refractivity contribution >= 4 is 5.91 Å². The molecule has 2 N–H and O–H groups in total. The zero-order valence-corrected chi connectivity index (χ0v) is 14.5. The molecule has 6 nitrogen and oxygen atoms in total. The molecule has 4 rings (SSSR count). The number of aryl methyl sites for hydroxylation is 1. The normalized spacial score (nSPS) is 20.4.